The molecule has 2 aromatic rings. The van der Waals surface area contributed by atoms with Crippen LogP contribution in [0.25, 0.3) is 0 Å². The van der Waals surface area contributed by atoms with E-state index in [0.29, 0.717) is 37.2 Å². The quantitative estimate of drug-likeness (QED) is 0.912. The van der Waals surface area contributed by atoms with Crippen LogP contribution in [0, 0.1) is 5.92 Å². The monoisotopic (exact) mass is 361 g/mol. The zero-order chi connectivity index (χ0) is 16.5. The van der Waals surface area contributed by atoms with Gasteiger partial charge in [0, 0.05) is 31.0 Å². The van der Waals surface area contributed by atoms with Crippen LogP contribution in [0.2, 0.25) is 0 Å². The van der Waals surface area contributed by atoms with E-state index < -0.39 is 0 Å². The van der Waals surface area contributed by atoms with Crippen LogP contribution in [0.3, 0.4) is 0 Å². The van der Waals surface area contributed by atoms with Crippen LogP contribution < -0.4 is 5.73 Å². The van der Waals surface area contributed by atoms with E-state index >= 15 is 0 Å². The molecular formula is C19H24ClN3O2. The first kappa shape index (κ1) is 18.0. The van der Waals surface area contributed by atoms with E-state index in [-0.39, 0.29) is 18.3 Å². The van der Waals surface area contributed by atoms with Crippen molar-refractivity contribution in [3.63, 3.8) is 0 Å². The van der Waals surface area contributed by atoms with Gasteiger partial charge in [0.15, 0.2) is 5.69 Å². The Kier molecular flexibility index (Phi) is 5.45. The zero-order valence-electron chi connectivity index (χ0n) is 14.2. The van der Waals surface area contributed by atoms with E-state index in [1.165, 1.54) is 5.56 Å². The summed E-state index contributed by atoms with van der Waals surface area (Å²) in [5.41, 5.74) is 8.79. The van der Waals surface area contributed by atoms with Crippen LogP contribution >= 0.6 is 12.4 Å². The van der Waals surface area contributed by atoms with Gasteiger partial charge in [-0.05, 0) is 37.3 Å². The highest BCUT2D eigenvalue weighted by molar-refractivity contribution is 5.94. The lowest BCUT2D eigenvalue weighted by Crippen LogP contribution is -2.31. The molecule has 6 heteroatoms. The Morgan fingerprint density at radius 3 is 2.72 bits per heavy atom. The molecule has 2 heterocycles. The summed E-state index contributed by atoms with van der Waals surface area (Å²) >= 11 is 0. The first-order valence-corrected chi connectivity index (χ1v) is 8.79. The Balaban J connectivity index is 0.00000182. The SMILES string of the molecule is Cl.NC[C@@H]1CN(C(=O)c2noc3c2CCCC3)C[C@H]1c1ccccc1. The molecule has 4 rings (SSSR count). The van der Waals surface area contributed by atoms with Gasteiger partial charge in [-0.3, -0.25) is 4.79 Å². The smallest absolute Gasteiger partial charge is 0.276 e. The van der Waals surface area contributed by atoms with Gasteiger partial charge >= 0.3 is 0 Å². The highest BCUT2D eigenvalue weighted by atomic mass is 35.5. The van der Waals surface area contributed by atoms with Gasteiger partial charge in [0.1, 0.15) is 5.76 Å². The summed E-state index contributed by atoms with van der Waals surface area (Å²) in [5.74, 6) is 1.49. The summed E-state index contributed by atoms with van der Waals surface area (Å²) in [6, 6.07) is 10.3. The first-order chi connectivity index (χ1) is 11.8. The van der Waals surface area contributed by atoms with Crippen molar-refractivity contribution in [3.8, 4) is 0 Å². The molecule has 1 saturated heterocycles. The molecule has 5 nitrogen and oxygen atoms in total. The third-order valence-corrected chi connectivity index (χ3v) is 5.41. The molecule has 0 bridgehead atoms. The predicted molar refractivity (Wildman–Crippen MR) is 98.0 cm³/mol. The van der Waals surface area contributed by atoms with Gasteiger partial charge in [-0.15, -0.1) is 12.4 Å². The average molecular weight is 362 g/mol. The topological polar surface area (TPSA) is 72.4 Å². The van der Waals surface area contributed by atoms with Crippen LogP contribution in [0.5, 0.6) is 0 Å². The second-order valence-corrected chi connectivity index (χ2v) is 6.86. The summed E-state index contributed by atoms with van der Waals surface area (Å²) in [5, 5.41) is 4.09. The average Bonchev–Trinajstić information content (AvgIpc) is 3.26. The van der Waals surface area contributed by atoms with E-state index in [1.54, 1.807) is 0 Å². The number of rotatable bonds is 3. The fraction of sp³-hybridized carbons (Fsp3) is 0.474. The van der Waals surface area contributed by atoms with Crippen LogP contribution in [0.4, 0.5) is 0 Å². The molecule has 0 unspecified atom stereocenters. The molecule has 0 radical (unpaired) electrons. The number of likely N-dealkylation sites (tertiary alicyclic amines) is 1. The van der Waals surface area contributed by atoms with E-state index in [0.717, 1.165) is 37.0 Å². The number of aromatic nitrogens is 1. The lowest BCUT2D eigenvalue weighted by atomic mass is 9.89. The number of halogens is 1. The largest absolute Gasteiger partial charge is 0.360 e. The molecule has 0 saturated carbocycles. The van der Waals surface area contributed by atoms with Gasteiger partial charge in [0.2, 0.25) is 0 Å². The minimum absolute atomic E-state index is 0. The summed E-state index contributed by atoms with van der Waals surface area (Å²) in [7, 11) is 0. The molecule has 1 amide bonds. The van der Waals surface area contributed by atoms with Gasteiger partial charge in [0.25, 0.3) is 5.91 Å². The highest BCUT2D eigenvalue weighted by Gasteiger charge is 2.37. The molecule has 2 atom stereocenters. The standard InChI is InChI=1S/C19H23N3O2.ClH/c20-10-14-11-22(12-16(14)13-6-2-1-3-7-13)19(23)18-15-8-4-5-9-17(15)24-21-18;/h1-3,6-7,14,16H,4-5,8-12,20H2;1H/t14-,16+;/m1./s1. The number of amides is 1. The maximum Gasteiger partial charge on any atom is 0.276 e. The van der Waals surface area contributed by atoms with Crippen molar-refractivity contribution < 1.29 is 9.32 Å². The Morgan fingerprint density at radius 1 is 1.20 bits per heavy atom. The molecule has 2 aliphatic rings. The van der Waals surface area contributed by atoms with E-state index in [2.05, 4.69) is 17.3 Å². The van der Waals surface area contributed by atoms with Gasteiger partial charge in [-0.2, -0.15) is 0 Å². The van der Waals surface area contributed by atoms with Crippen molar-refractivity contribution in [1.82, 2.24) is 10.1 Å². The van der Waals surface area contributed by atoms with Gasteiger partial charge in [0.05, 0.1) is 0 Å². The van der Waals surface area contributed by atoms with Gasteiger partial charge in [-0.25, -0.2) is 0 Å². The minimum Gasteiger partial charge on any atom is -0.360 e. The normalized spacial score (nSPS) is 22.4. The Morgan fingerprint density at radius 2 is 1.96 bits per heavy atom. The lowest BCUT2D eigenvalue weighted by Gasteiger charge is -2.17. The number of hydrogen-bond donors (Lipinski definition) is 1. The van der Waals surface area contributed by atoms with Crippen LogP contribution in [0.1, 0.15) is 46.1 Å². The van der Waals surface area contributed by atoms with Crippen molar-refractivity contribution >= 4 is 18.3 Å². The molecular weight excluding hydrogens is 338 g/mol. The predicted octanol–water partition coefficient (Wildman–Crippen LogP) is 2.79. The van der Waals surface area contributed by atoms with E-state index in [4.69, 9.17) is 10.3 Å². The van der Waals surface area contributed by atoms with Crippen molar-refractivity contribution in [2.75, 3.05) is 19.6 Å². The molecule has 1 aromatic heterocycles. The maximum atomic E-state index is 13.0. The maximum absolute atomic E-state index is 13.0. The molecule has 1 aliphatic heterocycles. The van der Waals surface area contributed by atoms with Crippen molar-refractivity contribution in [2.45, 2.75) is 31.6 Å². The third-order valence-electron chi connectivity index (χ3n) is 5.41. The Hall–Kier alpha value is -1.85. The summed E-state index contributed by atoms with van der Waals surface area (Å²) < 4.78 is 5.41. The molecule has 134 valence electrons. The fourth-order valence-corrected chi connectivity index (χ4v) is 4.06. The van der Waals surface area contributed by atoms with Gasteiger partial charge < -0.3 is 15.2 Å². The Bertz CT molecular complexity index is 732. The summed E-state index contributed by atoms with van der Waals surface area (Å²) in [6.45, 7) is 1.98. The molecule has 1 fully saturated rings. The van der Waals surface area contributed by atoms with Crippen molar-refractivity contribution in [2.24, 2.45) is 11.7 Å². The number of hydrogen-bond acceptors (Lipinski definition) is 4. The number of nitrogens with two attached hydrogens (primary N) is 1. The van der Waals surface area contributed by atoms with Crippen molar-refractivity contribution in [1.29, 1.82) is 0 Å². The summed E-state index contributed by atoms with van der Waals surface area (Å²) in [6.07, 6.45) is 4.02. The van der Waals surface area contributed by atoms with E-state index in [9.17, 15) is 4.79 Å². The molecule has 1 aliphatic carbocycles. The van der Waals surface area contributed by atoms with E-state index in [1.807, 2.05) is 23.1 Å². The lowest BCUT2D eigenvalue weighted by molar-refractivity contribution is 0.0775. The molecule has 0 spiro atoms. The Labute approximate surface area is 154 Å². The minimum atomic E-state index is -0.00113. The molecule has 1 aromatic carbocycles. The second kappa shape index (κ2) is 7.58. The number of fused-ring (bicyclic) bond motifs is 1. The van der Waals surface area contributed by atoms with Crippen LogP contribution in [-0.2, 0) is 12.8 Å². The summed E-state index contributed by atoms with van der Waals surface area (Å²) in [4.78, 5) is 14.9. The number of carbonyl (C=O) groups excluding carboxylic acids is 1. The van der Waals surface area contributed by atoms with Crippen LogP contribution in [0.15, 0.2) is 34.9 Å². The number of benzene rings is 1. The van der Waals surface area contributed by atoms with Crippen LogP contribution in [-0.4, -0.2) is 35.6 Å². The molecule has 2 N–H and O–H groups in total. The number of carbonyl (C=O) groups is 1. The molecule has 25 heavy (non-hydrogen) atoms. The zero-order valence-corrected chi connectivity index (χ0v) is 15.0. The van der Waals surface area contributed by atoms with Crippen molar-refractivity contribution in [3.05, 3.63) is 52.9 Å². The second-order valence-electron chi connectivity index (χ2n) is 6.86. The fourth-order valence-electron chi connectivity index (χ4n) is 4.06. The number of aryl methyl sites for hydroxylation is 1. The van der Waals surface area contributed by atoms with Gasteiger partial charge in [-0.1, -0.05) is 35.5 Å². The third kappa shape index (κ3) is 3.31. The number of nitrogens with zero attached hydrogens (tertiary/aromatic N) is 2. The first-order valence-electron chi connectivity index (χ1n) is 8.79. The highest BCUT2D eigenvalue weighted by Crippen LogP contribution is 2.34.